The number of methoxy groups -OCH3 is 1. The third kappa shape index (κ3) is 2.11. The molecule has 0 unspecified atom stereocenters. The second kappa shape index (κ2) is 4.92. The summed E-state index contributed by atoms with van der Waals surface area (Å²) in [4.78, 5) is 23.7. The van der Waals surface area contributed by atoms with Gasteiger partial charge >= 0.3 is 5.97 Å². The fraction of sp³-hybridized carbons (Fsp3) is 0.385. The number of imidazole rings is 1. The van der Waals surface area contributed by atoms with Gasteiger partial charge in [-0.05, 0) is 12.3 Å². The molecule has 0 aliphatic heterocycles. The van der Waals surface area contributed by atoms with Crippen LogP contribution in [-0.2, 0) is 9.53 Å². The van der Waals surface area contributed by atoms with E-state index < -0.39 is 0 Å². The first kappa shape index (κ1) is 12.6. The number of nitrogen functional groups attached to an aromatic ring is 1. The van der Waals surface area contributed by atoms with E-state index in [1.54, 1.807) is 6.33 Å². The molecule has 2 N–H and O–H groups in total. The second-order valence-corrected chi connectivity index (χ2v) is 4.81. The topological polar surface area (TPSA) is 95.9 Å². The quantitative estimate of drug-likeness (QED) is 0.664. The number of carbonyl (C=O) groups is 1. The van der Waals surface area contributed by atoms with Crippen molar-refractivity contribution in [2.24, 2.45) is 5.92 Å². The van der Waals surface area contributed by atoms with Crippen LogP contribution in [0.4, 0.5) is 5.82 Å². The van der Waals surface area contributed by atoms with Crippen molar-refractivity contribution < 1.29 is 9.53 Å². The SMILES string of the molecule is COC(=O)C[C@H]1C=C[C@@H](n2cnc3c(N)ncnc32)C1. The Morgan fingerprint density at radius 2 is 2.30 bits per heavy atom. The van der Waals surface area contributed by atoms with Crippen LogP contribution in [0.1, 0.15) is 18.9 Å². The van der Waals surface area contributed by atoms with E-state index in [1.165, 1.54) is 13.4 Å². The van der Waals surface area contributed by atoms with Crippen molar-refractivity contribution >= 4 is 23.0 Å². The van der Waals surface area contributed by atoms with Crippen LogP contribution in [0, 0.1) is 5.92 Å². The zero-order valence-corrected chi connectivity index (χ0v) is 11.1. The number of hydrogen-bond acceptors (Lipinski definition) is 6. The zero-order chi connectivity index (χ0) is 14.1. The van der Waals surface area contributed by atoms with Crippen molar-refractivity contribution in [3.63, 3.8) is 0 Å². The summed E-state index contributed by atoms with van der Waals surface area (Å²) in [5.74, 6) is 0.369. The summed E-state index contributed by atoms with van der Waals surface area (Å²) in [7, 11) is 1.40. The van der Waals surface area contributed by atoms with Crippen LogP contribution < -0.4 is 5.73 Å². The summed E-state index contributed by atoms with van der Waals surface area (Å²) < 4.78 is 6.65. The van der Waals surface area contributed by atoms with Crippen LogP contribution in [0.25, 0.3) is 11.2 Å². The largest absolute Gasteiger partial charge is 0.469 e. The molecule has 0 aromatic carbocycles. The number of nitrogens with zero attached hydrogens (tertiary/aromatic N) is 4. The maximum atomic E-state index is 11.3. The van der Waals surface area contributed by atoms with Crippen molar-refractivity contribution in [1.29, 1.82) is 0 Å². The number of allylic oxidation sites excluding steroid dienone is 2. The van der Waals surface area contributed by atoms with E-state index >= 15 is 0 Å². The van der Waals surface area contributed by atoms with Crippen molar-refractivity contribution in [2.75, 3.05) is 12.8 Å². The van der Waals surface area contributed by atoms with Gasteiger partial charge in [-0.3, -0.25) is 4.79 Å². The molecule has 0 radical (unpaired) electrons. The molecule has 1 aliphatic rings. The fourth-order valence-electron chi connectivity index (χ4n) is 2.52. The van der Waals surface area contributed by atoms with Crippen molar-refractivity contribution in [3.8, 4) is 0 Å². The normalized spacial score (nSPS) is 21.4. The van der Waals surface area contributed by atoms with Crippen LogP contribution in [0.15, 0.2) is 24.8 Å². The molecule has 2 atom stereocenters. The lowest BCUT2D eigenvalue weighted by Gasteiger charge is -2.13. The first-order chi connectivity index (χ1) is 9.69. The highest BCUT2D eigenvalue weighted by Gasteiger charge is 2.24. The number of esters is 1. The average molecular weight is 273 g/mol. The van der Waals surface area contributed by atoms with Crippen molar-refractivity contribution in [1.82, 2.24) is 19.5 Å². The first-order valence-corrected chi connectivity index (χ1v) is 6.37. The van der Waals surface area contributed by atoms with Gasteiger partial charge in [0, 0.05) is 0 Å². The van der Waals surface area contributed by atoms with Gasteiger partial charge in [-0.15, -0.1) is 0 Å². The number of aromatic nitrogens is 4. The summed E-state index contributed by atoms with van der Waals surface area (Å²) in [6.07, 6.45) is 8.47. The Hall–Kier alpha value is -2.44. The van der Waals surface area contributed by atoms with Crippen molar-refractivity contribution in [2.45, 2.75) is 18.9 Å². The van der Waals surface area contributed by atoms with Gasteiger partial charge in [-0.2, -0.15) is 0 Å². The zero-order valence-electron chi connectivity index (χ0n) is 11.1. The lowest BCUT2D eigenvalue weighted by atomic mass is 10.0. The van der Waals surface area contributed by atoms with Gasteiger partial charge in [0.1, 0.15) is 11.8 Å². The van der Waals surface area contributed by atoms with Gasteiger partial charge < -0.3 is 15.0 Å². The van der Waals surface area contributed by atoms with Gasteiger partial charge in [0.05, 0.1) is 25.9 Å². The van der Waals surface area contributed by atoms with Crippen LogP contribution in [0.5, 0.6) is 0 Å². The number of fused-ring (bicyclic) bond motifs is 1. The molecule has 1 aliphatic carbocycles. The fourth-order valence-corrected chi connectivity index (χ4v) is 2.52. The monoisotopic (exact) mass is 273 g/mol. The van der Waals surface area contributed by atoms with E-state index in [0.29, 0.717) is 23.4 Å². The molecule has 2 aromatic rings. The molecule has 0 amide bonds. The van der Waals surface area contributed by atoms with E-state index in [4.69, 9.17) is 10.5 Å². The van der Waals surface area contributed by atoms with Crippen LogP contribution >= 0.6 is 0 Å². The van der Waals surface area contributed by atoms with E-state index in [9.17, 15) is 4.79 Å². The summed E-state index contributed by atoms with van der Waals surface area (Å²) in [5, 5.41) is 0. The minimum absolute atomic E-state index is 0.129. The van der Waals surface area contributed by atoms with Gasteiger partial charge in [0.15, 0.2) is 11.5 Å². The molecule has 0 saturated heterocycles. The molecule has 0 bridgehead atoms. The van der Waals surface area contributed by atoms with E-state index in [1.807, 2.05) is 10.6 Å². The lowest BCUT2D eigenvalue weighted by molar-refractivity contribution is -0.141. The third-order valence-electron chi connectivity index (χ3n) is 3.55. The highest BCUT2D eigenvalue weighted by molar-refractivity contribution is 5.81. The van der Waals surface area contributed by atoms with Crippen LogP contribution in [-0.4, -0.2) is 32.6 Å². The molecule has 7 heteroatoms. The molecule has 7 nitrogen and oxygen atoms in total. The smallest absolute Gasteiger partial charge is 0.306 e. The molecular weight excluding hydrogens is 258 g/mol. The van der Waals surface area contributed by atoms with Crippen molar-refractivity contribution in [3.05, 3.63) is 24.8 Å². The standard InChI is InChI=1S/C13H15N5O2/c1-20-10(19)5-8-2-3-9(4-8)18-7-17-11-12(14)15-6-16-13(11)18/h2-3,6-9H,4-5H2,1H3,(H2,14,15,16)/t8-,9+/m0/s1. The molecule has 0 spiro atoms. The molecule has 2 aromatic heterocycles. The van der Waals surface area contributed by atoms with E-state index in [-0.39, 0.29) is 17.9 Å². The number of anilines is 1. The molecule has 0 fully saturated rings. The molecular formula is C13H15N5O2. The van der Waals surface area contributed by atoms with Crippen LogP contribution in [0.2, 0.25) is 0 Å². The molecule has 2 heterocycles. The summed E-state index contributed by atoms with van der Waals surface area (Å²) >= 11 is 0. The predicted molar refractivity (Wildman–Crippen MR) is 72.7 cm³/mol. The third-order valence-corrected chi connectivity index (χ3v) is 3.55. The van der Waals surface area contributed by atoms with E-state index in [2.05, 4.69) is 21.0 Å². The van der Waals surface area contributed by atoms with Crippen LogP contribution in [0.3, 0.4) is 0 Å². The Morgan fingerprint density at radius 3 is 3.10 bits per heavy atom. The average Bonchev–Trinajstić information content (AvgIpc) is 3.05. The molecule has 3 rings (SSSR count). The number of carbonyl (C=O) groups excluding carboxylic acids is 1. The number of rotatable bonds is 3. The predicted octanol–water partition coefficient (Wildman–Crippen LogP) is 1.09. The molecule has 104 valence electrons. The second-order valence-electron chi connectivity index (χ2n) is 4.81. The summed E-state index contributed by atoms with van der Waals surface area (Å²) in [5.41, 5.74) is 7.10. The van der Waals surface area contributed by atoms with E-state index in [0.717, 1.165) is 6.42 Å². The highest BCUT2D eigenvalue weighted by Crippen LogP contribution is 2.32. The van der Waals surface area contributed by atoms with Gasteiger partial charge in [0.2, 0.25) is 0 Å². The first-order valence-electron chi connectivity index (χ1n) is 6.37. The Labute approximate surface area is 115 Å². The Kier molecular flexibility index (Phi) is 3.09. The minimum Gasteiger partial charge on any atom is -0.469 e. The number of ether oxygens (including phenoxy) is 1. The van der Waals surface area contributed by atoms with Gasteiger partial charge in [-0.25, -0.2) is 15.0 Å². The van der Waals surface area contributed by atoms with Gasteiger partial charge in [0.25, 0.3) is 0 Å². The molecule has 0 saturated carbocycles. The Balaban J connectivity index is 1.82. The molecule has 20 heavy (non-hydrogen) atoms. The Bertz CT molecular complexity index is 678. The Morgan fingerprint density at radius 1 is 1.45 bits per heavy atom. The number of hydrogen-bond donors (Lipinski definition) is 1. The maximum absolute atomic E-state index is 11.3. The maximum Gasteiger partial charge on any atom is 0.306 e. The van der Waals surface area contributed by atoms with Gasteiger partial charge in [-0.1, -0.05) is 12.2 Å². The number of nitrogens with two attached hydrogens (primary N) is 1. The minimum atomic E-state index is -0.192. The highest BCUT2D eigenvalue weighted by atomic mass is 16.5. The summed E-state index contributed by atoms with van der Waals surface area (Å²) in [6, 6.07) is 0.129. The lowest BCUT2D eigenvalue weighted by Crippen LogP contribution is -2.10. The summed E-state index contributed by atoms with van der Waals surface area (Å²) in [6.45, 7) is 0.